The molecule has 0 fully saturated rings. The average Bonchev–Trinajstić information content (AvgIpc) is 2.72. The zero-order valence-corrected chi connectivity index (χ0v) is 10.00. The van der Waals surface area contributed by atoms with E-state index in [1.807, 2.05) is 6.07 Å². The van der Waals surface area contributed by atoms with Crippen molar-refractivity contribution >= 4 is 34.1 Å². The Morgan fingerprint density at radius 1 is 1.12 bits per heavy atom. The van der Waals surface area contributed by atoms with Crippen LogP contribution in [0.1, 0.15) is 0 Å². The average molecular weight is 265 g/mol. The molecule has 3 aromatic rings. The lowest BCUT2D eigenvalue weighted by Crippen LogP contribution is -1.85. The second-order valence-corrected chi connectivity index (χ2v) is 4.21. The maximum Gasteiger partial charge on any atom is 0.222 e. The van der Waals surface area contributed by atoms with Crippen molar-refractivity contribution < 1.29 is 0 Å². The summed E-state index contributed by atoms with van der Waals surface area (Å²) in [6, 6.07) is 5.49. The summed E-state index contributed by atoms with van der Waals surface area (Å²) in [7, 11) is 0. The van der Waals surface area contributed by atoms with E-state index in [0.29, 0.717) is 5.15 Å². The van der Waals surface area contributed by atoms with Gasteiger partial charge in [0, 0.05) is 17.8 Å². The molecule has 0 amide bonds. The molecule has 3 aromatic heterocycles. The number of hydrogen-bond donors (Lipinski definition) is 1. The number of aromatic nitrogens is 4. The standard InChI is InChI=1S/C11H6Cl2N4/c12-10-4-8-6(5-15-10)3-9(16-8)7-1-2-14-11(13)17-7/h1-5,16H. The van der Waals surface area contributed by atoms with Crippen molar-refractivity contribution in [2.24, 2.45) is 0 Å². The molecule has 0 unspecified atom stereocenters. The maximum atomic E-state index is 5.82. The molecule has 84 valence electrons. The molecule has 6 heteroatoms. The van der Waals surface area contributed by atoms with Crippen molar-refractivity contribution in [2.45, 2.75) is 0 Å². The molecular formula is C11H6Cl2N4. The normalized spacial score (nSPS) is 10.9. The van der Waals surface area contributed by atoms with E-state index < -0.39 is 0 Å². The van der Waals surface area contributed by atoms with E-state index in [1.54, 1.807) is 24.5 Å². The van der Waals surface area contributed by atoms with Crippen LogP contribution in [0.4, 0.5) is 0 Å². The summed E-state index contributed by atoms with van der Waals surface area (Å²) in [6.45, 7) is 0. The third-order valence-corrected chi connectivity index (χ3v) is 2.76. The topological polar surface area (TPSA) is 54.5 Å². The summed E-state index contributed by atoms with van der Waals surface area (Å²) in [5, 5.41) is 1.64. The lowest BCUT2D eigenvalue weighted by atomic mass is 10.3. The van der Waals surface area contributed by atoms with Gasteiger partial charge in [-0.25, -0.2) is 15.0 Å². The first-order valence-electron chi connectivity index (χ1n) is 4.85. The highest BCUT2D eigenvalue weighted by molar-refractivity contribution is 6.30. The van der Waals surface area contributed by atoms with E-state index in [0.717, 1.165) is 22.3 Å². The third kappa shape index (κ3) is 1.97. The fourth-order valence-electron chi connectivity index (χ4n) is 1.62. The van der Waals surface area contributed by atoms with Crippen molar-refractivity contribution in [3.05, 3.63) is 41.0 Å². The monoisotopic (exact) mass is 264 g/mol. The number of halogens is 2. The highest BCUT2D eigenvalue weighted by Crippen LogP contribution is 2.23. The molecule has 3 rings (SSSR count). The number of pyridine rings is 1. The van der Waals surface area contributed by atoms with Gasteiger partial charge in [0.2, 0.25) is 5.28 Å². The van der Waals surface area contributed by atoms with Crippen molar-refractivity contribution in [3.63, 3.8) is 0 Å². The molecule has 0 radical (unpaired) electrons. The van der Waals surface area contributed by atoms with Gasteiger partial charge < -0.3 is 4.98 Å². The lowest BCUT2D eigenvalue weighted by Gasteiger charge is -1.95. The van der Waals surface area contributed by atoms with Crippen LogP contribution in [0, 0.1) is 0 Å². The first-order chi connectivity index (χ1) is 8.22. The van der Waals surface area contributed by atoms with E-state index in [-0.39, 0.29) is 5.28 Å². The maximum absolute atomic E-state index is 5.82. The Hall–Kier alpha value is -1.65. The van der Waals surface area contributed by atoms with Gasteiger partial charge in [-0.1, -0.05) is 11.6 Å². The summed E-state index contributed by atoms with van der Waals surface area (Å²) < 4.78 is 0. The van der Waals surface area contributed by atoms with E-state index in [1.165, 1.54) is 0 Å². The van der Waals surface area contributed by atoms with Crippen LogP contribution in [0.2, 0.25) is 10.4 Å². The van der Waals surface area contributed by atoms with Gasteiger partial charge in [-0.3, -0.25) is 0 Å². The molecule has 3 heterocycles. The Kier molecular flexibility index (Phi) is 2.46. The fraction of sp³-hybridized carbons (Fsp3) is 0. The van der Waals surface area contributed by atoms with Gasteiger partial charge in [-0.15, -0.1) is 0 Å². The van der Waals surface area contributed by atoms with E-state index in [2.05, 4.69) is 19.9 Å². The van der Waals surface area contributed by atoms with Crippen molar-refractivity contribution in [1.29, 1.82) is 0 Å². The van der Waals surface area contributed by atoms with Crippen molar-refractivity contribution in [2.75, 3.05) is 0 Å². The molecule has 0 aromatic carbocycles. The van der Waals surface area contributed by atoms with E-state index in [9.17, 15) is 0 Å². The second-order valence-electron chi connectivity index (χ2n) is 3.49. The predicted molar refractivity (Wildman–Crippen MR) is 67.1 cm³/mol. The second kappa shape index (κ2) is 3.98. The molecule has 4 nitrogen and oxygen atoms in total. The van der Waals surface area contributed by atoms with Crippen LogP contribution >= 0.6 is 23.2 Å². The summed E-state index contributed by atoms with van der Waals surface area (Å²) in [4.78, 5) is 15.2. The molecule has 0 aliphatic heterocycles. The van der Waals surface area contributed by atoms with Crippen LogP contribution in [0.3, 0.4) is 0 Å². The summed E-state index contributed by atoms with van der Waals surface area (Å²) >= 11 is 11.6. The Morgan fingerprint density at radius 3 is 2.82 bits per heavy atom. The SMILES string of the molecule is Clc1cc2[nH]c(-c3ccnc(Cl)n3)cc2cn1. The lowest BCUT2D eigenvalue weighted by molar-refractivity contribution is 1.16. The number of nitrogens with one attached hydrogen (secondary N) is 1. The molecule has 0 atom stereocenters. The number of rotatable bonds is 1. The van der Waals surface area contributed by atoms with Gasteiger partial charge in [0.15, 0.2) is 0 Å². The van der Waals surface area contributed by atoms with Crippen LogP contribution in [-0.2, 0) is 0 Å². The molecule has 0 spiro atoms. The van der Waals surface area contributed by atoms with E-state index >= 15 is 0 Å². The number of fused-ring (bicyclic) bond motifs is 1. The van der Waals surface area contributed by atoms with Crippen LogP contribution in [-0.4, -0.2) is 19.9 Å². The molecule has 0 aliphatic rings. The fourth-order valence-corrected chi connectivity index (χ4v) is 1.93. The van der Waals surface area contributed by atoms with Crippen molar-refractivity contribution in [3.8, 4) is 11.4 Å². The van der Waals surface area contributed by atoms with Crippen LogP contribution in [0.5, 0.6) is 0 Å². The molecule has 0 bridgehead atoms. The van der Waals surface area contributed by atoms with Crippen LogP contribution in [0.15, 0.2) is 30.6 Å². The van der Waals surface area contributed by atoms with Gasteiger partial charge in [0.25, 0.3) is 0 Å². The van der Waals surface area contributed by atoms with Gasteiger partial charge in [-0.2, -0.15) is 0 Å². The number of nitrogens with zero attached hydrogens (tertiary/aromatic N) is 3. The van der Waals surface area contributed by atoms with E-state index in [4.69, 9.17) is 23.2 Å². The number of hydrogen-bond acceptors (Lipinski definition) is 3. The molecule has 0 saturated carbocycles. The molecular weight excluding hydrogens is 259 g/mol. The van der Waals surface area contributed by atoms with Gasteiger partial charge in [-0.05, 0) is 29.8 Å². The highest BCUT2D eigenvalue weighted by atomic mass is 35.5. The number of aromatic amines is 1. The zero-order chi connectivity index (χ0) is 11.8. The molecule has 0 saturated heterocycles. The quantitative estimate of drug-likeness (QED) is 0.542. The third-order valence-electron chi connectivity index (χ3n) is 2.37. The van der Waals surface area contributed by atoms with Crippen molar-refractivity contribution in [1.82, 2.24) is 19.9 Å². The smallest absolute Gasteiger partial charge is 0.222 e. The molecule has 1 N–H and O–H groups in total. The van der Waals surface area contributed by atoms with Gasteiger partial charge in [0.1, 0.15) is 5.15 Å². The largest absolute Gasteiger partial charge is 0.353 e. The zero-order valence-electron chi connectivity index (χ0n) is 8.48. The molecule has 0 aliphatic carbocycles. The first-order valence-corrected chi connectivity index (χ1v) is 5.61. The Bertz CT molecular complexity index is 693. The number of H-pyrrole nitrogens is 1. The van der Waals surface area contributed by atoms with Crippen LogP contribution < -0.4 is 0 Å². The first kappa shape index (κ1) is 10.5. The minimum atomic E-state index is 0.220. The van der Waals surface area contributed by atoms with Crippen LogP contribution in [0.25, 0.3) is 22.3 Å². The Labute approximate surface area is 107 Å². The summed E-state index contributed by atoms with van der Waals surface area (Å²) in [5.41, 5.74) is 2.50. The predicted octanol–water partition coefficient (Wildman–Crippen LogP) is 3.33. The summed E-state index contributed by atoms with van der Waals surface area (Å²) in [5.74, 6) is 0. The molecule has 17 heavy (non-hydrogen) atoms. The highest BCUT2D eigenvalue weighted by Gasteiger charge is 2.06. The minimum absolute atomic E-state index is 0.220. The van der Waals surface area contributed by atoms with Gasteiger partial charge in [0.05, 0.1) is 16.9 Å². The Morgan fingerprint density at radius 2 is 2.00 bits per heavy atom. The Balaban J connectivity index is 2.18. The van der Waals surface area contributed by atoms with Gasteiger partial charge >= 0.3 is 0 Å². The summed E-state index contributed by atoms with van der Waals surface area (Å²) in [6.07, 6.45) is 3.32. The minimum Gasteiger partial charge on any atom is -0.353 e.